The molecule has 9 heteroatoms. The second-order valence-electron chi connectivity index (χ2n) is 9.78. The Bertz CT molecular complexity index is 665. The molecular weight excluding hydrogens is 378 g/mol. The first-order chi connectivity index (χ1) is 12.9. The molecule has 0 spiro atoms. The highest BCUT2D eigenvalue weighted by Gasteiger charge is 2.39. The monoisotopic (exact) mass is 411 g/mol. The summed E-state index contributed by atoms with van der Waals surface area (Å²) in [4.78, 5) is 43.8. The van der Waals surface area contributed by atoms with Crippen LogP contribution in [0.25, 0.3) is 0 Å². The highest BCUT2D eigenvalue weighted by atomic mass is 16.6. The maximum absolute atomic E-state index is 12.7. The van der Waals surface area contributed by atoms with E-state index in [1.807, 2.05) is 0 Å². The molecule has 1 heterocycles. The third-order valence-corrected chi connectivity index (χ3v) is 3.06. The minimum absolute atomic E-state index is 0.0375. The summed E-state index contributed by atoms with van der Waals surface area (Å²) < 4.78 is 16.0. The predicted molar refractivity (Wildman–Crippen MR) is 109 cm³/mol. The molecule has 0 unspecified atom stereocenters. The maximum Gasteiger partial charge on any atom is 0.437 e. The summed E-state index contributed by atoms with van der Waals surface area (Å²) in [7, 11) is 0. The lowest BCUT2D eigenvalue weighted by atomic mass is 10.2. The van der Waals surface area contributed by atoms with Crippen LogP contribution in [0.3, 0.4) is 0 Å². The van der Waals surface area contributed by atoms with Gasteiger partial charge in [-0.2, -0.15) is 0 Å². The van der Waals surface area contributed by atoms with Crippen LogP contribution in [0.2, 0.25) is 0 Å². The van der Waals surface area contributed by atoms with Gasteiger partial charge in [-0.15, -0.1) is 4.99 Å². The van der Waals surface area contributed by atoms with Crippen molar-refractivity contribution in [3.05, 3.63) is 12.2 Å². The molecule has 0 aliphatic carbocycles. The zero-order valence-corrected chi connectivity index (χ0v) is 18.9. The van der Waals surface area contributed by atoms with Gasteiger partial charge in [0.25, 0.3) is 0 Å². The van der Waals surface area contributed by atoms with Gasteiger partial charge in [0, 0.05) is 0 Å². The number of amides is 3. The van der Waals surface area contributed by atoms with E-state index in [9.17, 15) is 14.4 Å². The highest BCUT2D eigenvalue weighted by molar-refractivity contribution is 6.06. The van der Waals surface area contributed by atoms with Gasteiger partial charge in [0.1, 0.15) is 16.8 Å². The Morgan fingerprint density at radius 2 is 1.10 bits per heavy atom. The van der Waals surface area contributed by atoms with Crippen LogP contribution in [-0.2, 0) is 14.2 Å². The largest absolute Gasteiger partial charge is 0.443 e. The third-order valence-electron chi connectivity index (χ3n) is 3.06. The summed E-state index contributed by atoms with van der Waals surface area (Å²) in [5, 5.41) is 0. The van der Waals surface area contributed by atoms with Gasteiger partial charge in [-0.3, -0.25) is 0 Å². The molecule has 29 heavy (non-hydrogen) atoms. The van der Waals surface area contributed by atoms with Crippen LogP contribution in [0.15, 0.2) is 17.1 Å². The fraction of sp³-hybridized carbons (Fsp3) is 0.700. The Kier molecular flexibility index (Phi) is 7.10. The van der Waals surface area contributed by atoms with Crippen LogP contribution >= 0.6 is 0 Å². The van der Waals surface area contributed by atoms with Crippen LogP contribution in [0.1, 0.15) is 62.3 Å². The predicted octanol–water partition coefficient (Wildman–Crippen LogP) is 4.32. The number of carbonyl (C=O) groups is 3. The number of carbonyl (C=O) groups excluding carboxylic acids is 3. The van der Waals surface area contributed by atoms with Crippen molar-refractivity contribution in [3.8, 4) is 0 Å². The summed E-state index contributed by atoms with van der Waals surface area (Å²) in [5.41, 5.74) is -1.83. The molecule has 0 aromatic heterocycles. The molecule has 1 fully saturated rings. The maximum atomic E-state index is 12.7. The van der Waals surface area contributed by atoms with Gasteiger partial charge in [-0.05, 0) is 67.9 Å². The molecule has 0 N–H and O–H groups in total. The second kappa shape index (κ2) is 8.42. The zero-order chi connectivity index (χ0) is 22.8. The van der Waals surface area contributed by atoms with Crippen molar-refractivity contribution >= 4 is 24.2 Å². The quantitative estimate of drug-likeness (QED) is 0.435. The molecule has 0 aromatic carbocycles. The number of aliphatic imine (C=N–C) groups is 1. The van der Waals surface area contributed by atoms with Crippen LogP contribution in [0.4, 0.5) is 14.4 Å². The Morgan fingerprint density at radius 3 is 1.41 bits per heavy atom. The molecule has 9 nitrogen and oxygen atoms in total. The lowest BCUT2D eigenvalue weighted by Crippen LogP contribution is -2.57. The number of ether oxygens (including phenoxy) is 3. The van der Waals surface area contributed by atoms with Crippen molar-refractivity contribution in [2.24, 2.45) is 4.99 Å². The average molecular weight is 411 g/mol. The van der Waals surface area contributed by atoms with E-state index in [1.54, 1.807) is 62.3 Å². The van der Waals surface area contributed by atoms with Crippen molar-refractivity contribution in [2.75, 3.05) is 13.1 Å². The van der Waals surface area contributed by atoms with Crippen LogP contribution in [0.5, 0.6) is 0 Å². The van der Waals surface area contributed by atoms with E-state index < -0.39 is 35.1 Å². The lowest BCUT2D eigenvalue weighted by Gasteiger charge is -2.38. The summed E-state index contributed by atoms with van der Waals surface area (Å²) in [6.45, 7) is 19.3. The molecule has 1 aliphatic rings. The minimum atomic E-state index is -0.942. The molecule has 0 atom stereocenters. The second-order valence-corrected chi connectivity index (χ2v) is 9.78. The van der Waals surface area contributed by atoms with E-state index in [2.05, 4.69) is 11.6 Å². The van der Waals surface area contributed by atoms with Crippen LogP contribution in [0, 0.1) is 0 Å². The highest BCUT2D eigenvalue weighted by Crippen LogP contribution is 2.21. The Hall–Kier alpha value is -2.58. The van der Waals surface area contributed by atoms with E-state index in [0.29, 0.717) is 5.57 Å². The molecule has 0 aromatic rings. The average Bonchev–Trinajstić information content (AvgIpc) is 2.42. The smallest absolute Gasteiger partial charge is 0.437 e. The summed E-state index contributed by atoms with van der Waals surface area (Å²) in [6, 6.07) is 0. The van der Waals surface area contributed by atoms with Gasteiger partial charge < -0.3 is 14.2 Å². The number of rotatable bonds is 0. The van der Waals surface area contributed by atoms with E-state index in [1.165, 1.54) is 0 Å². The van der Waals surface area contributed by atoms with Gasteiger partial charge in [0.2, 0.25) is 5.96 Å². The summed E-state index contributed by atoms with van der Waals surface area (Å²) >= 11 is 0. The number of hydrogen-bond donors (Lipinski definition) is 0. The van der Waals surface area contributed by atoms with Gasteiger partial charge in [-0.1, -0.05) is 6.58 Å². The Morgan fingerprint density at radius 1 is 0.759 bits per heavy atom. The van der Waals surface area contributed by atoms with Gasteiger partial charge in [-0.25, -0.2) is 24.2 Å². The standard InChI is InChI=1S/C20H33N3O6/c1-13-11-22(16(25)28-19(5,6)7)14(21-15(24)27-18(2,3)4)23(12-13)17(26)29-20(8,9)10/h1,11-12H2,2-10H3. The molecule has 0 radical (unpaired) electrons. The van der Waals surface area contributed by atoms with E-state index in [0.717, 1.165) is 9.80 Å². The number of nitrogens with zero attached hydrogens (tertiary/aromatic N) is 3. The van der Waals surface area contributed by atoms with E-state index in [4.69, 9.17) is 14.2 Å². The normalized spacial score (nSPS) is 15.8. The van der Waals surface area contributed by atoms with Crippen molar-refractivity contribution in [1.29, 1.82) is 0 Å². The first-order valence-corrected chi connectivity index (χ1v) is 9.37. The van der Waals surface area contributed by atoms with Gasteiger partial charge in [0.05, 0.1) is 13.1 Å². The zero-order valence-electron chi connectivity index (χ0n) is 18.9. The van der Waals surface area contributed by atoms with Crippen LogP contribution in [-0.4, -0.2) is 63.9 Å². The molecule has 1 rings (SSSR count). The Labute approximate surface area is 172 Å². The SMILES string of the molecule is C=C1CN(C(=O)OC(C)(C)C)C(=NC(=O)OC(C)(C)C)N(C(=O)OC(C)(C)C)C1. The first kappa shape index (κ1) is 24.5. The first-order valence-electron chi connectivity index (χ1n) is 9.37. The third kappa shape index (κ3) is 8.53. The summed E-state index contributed by atoms with van der Waals surface area (Å²) in [5.74, 6) is -0.227. The minimum Gasteiger partial charge on any atom is -0.443 e. The summed E-state index contributed by atoms with van der Waals surface area (Å²) in [6.07, 6.45) is -2.48. The Balaban J connectivity index is 3.36. The molecule has 0 bridgehead atoms. The van der Waals surface area contributed by atoms with Crippen LogP contribution < -0.4 is 0 Å². The molecule has 3 amide bonds. The van der Waals surface area contributed by atoms with Crippen molar-refractivity contribution in [2.45, 2.75) is 79.1 Å². The lowest BCUT2D eigenvalue weighted by molar-refractivity contribution is 0.0259. The molecule has 0 saturated carbocycles. The molecule has 164 valence electrons. The fourth-order valence-corrected chi connectivity index (χ4v) is 2.20. The topological polar surface area (TPSA) is 97.7 Å². The van der Waals surface area contributed by atoms with Crippen molar-refractivity contribution in [1.82, 2.24) is 9.80 Å². The fourth-order valence-electron chi connectivity index (χ4n) is 2.20. The number of guanidine groups is 1. The van der Waals surface area contributed by atoms with Crippen molar-refractivity contribution < 1.29 is 28.6 Å². The van der Waals surface area contributed by atoms with E-state index in [-0.39, 0.29) is 19.0 Å². The molecular formula is C20H33N3O6. The number of hydrogen-bond acceptors (Lipinski definition) is 6. The molecule has 1 saturated heterocycles. The van der Waals surface area contributed by atoms with E-state index >= 15 is 0 Å². The van der Waals surface area contributed by atoms with Crippen molar-refractivity contribution in [3.63, 3.8) is 0 Å². The molecule has 1 aliphatic heterocycles. The van der Waals surface area contributed by atoms with Gasteiger partial charge in [0.15, 0.2) is 0 Å². The van der Waals surface area contributed by atoms with Gasteiger partial charge >= 0.3 is 18.3 Å².